The molecule has 1 aromatic heterocycles. The summed E-state index contributed by atoms with van der Waals surface area (Å²) < 4.78 is 5.35. The molecule has 26 heavy (non-hydrogen) atoms. The number of hydrogen-bond donors (Lipinski definition) is 0. The van der Waals surface area contributed by atoms with Gasteiger partial charge in [0.05, 0.1) is 25.3 Å². The fraction of sp³-hybridized carbons (Fsp3) is 0.368. The van der Waals surface area contributed by atoms with E-state index in [2.05, 4.69) is 0 Å². The van der Waals surface area contributed by atoms with E-state index in [1.54, 1.807) is 41.5 Å². The Morgan fingerprint density at radius 1 is 1.42 bits per heavy atom. The molecule has 0 N–H and O–H groups in total. The second-order valence-corrected chi connectivity index (χ2v) is 7.62. The number of nitrogens with zero attached hydrogens (tertiary/aromatic N) is 2. The van der Waals surface area contributed by atoms with Crippen molar-refractivity contribution in [3.8, 4) is 5.75 Å². The summed E-state index contributed by atoms with van der Waals surface area (Å²) in [5.74, 6) is 0.140. The summed E-state index contributed by atoms with van der Waals surface area (Å²) in [7, 11) is 1.55. The van der Waals surface area contributed by atoms with Gasteiger partial charge in [-0.25, -0.2) is 0 Å². The van der Waals surface area contributed by atoms with Gasteiger partial charge in [-0.2, -0.15) is 0 Å². The number of hydrogen-bond acceptors (Lipinski definition) is 4. The molecule has 0 radical (unpaired) electrons. The van der Waals surface area contributed by atoms with Crippen molar-refractivity contribution >= 4 is 40.4 Å². The standard InChI is InChI=1S/C19H21ClN2O3S/c1-3-21(12-15-5-4-8-26-15)19(24)13-9-18(23)22(11-13)16-10-14(20)6-7-17(16)25-2/h4-8,10,13H,3,9,11-12H2,1-2H3. The van der Waals surface area contributed by atoms with Crippen LogP contribution in [0, 0.1) is 5.92 Å². The minimum absolute atomic E-state index is 0.0118. The number of rotatable bonds is 6. The van der Waals surface area contributed by atoms with E-state index in [1.807, 2.05) is 29.3 Å². The summed E-state index contributed by atoms with van der Waals surface area (Å²) in [6.45, 7) is 3.50. The fourth-order valence-electron chi connectivity index (χ4n) is 3.17. The van der Waals surface area contributed by atoms with Crippen LogP contribution >= 0.6 is 22.9 Å². The first-order valence-electron chi connectivity index (χ1n) is 8.48. The molecule has 2 amide bonds. The first-order valence-corrected chi connectivity index (χ1v) is 9.74. The summed E-state index contributed by atoms with van der Waals surface area (Å²) in [5.41, 5.74) is 0.613. The largest absolute Gasteiger partial charge is 0.495 e. The van der Waals surface area contributed by atoms with Crippen LogP contribution in [-0.4, -0.2) is 36.9 Å². The molecule has 3 rings (SSSR count). The molecule has 1 atom stereocenters. The van der Waals surface area contributed by atoms with Crippen LogP contribution in [0.3, 0.4) is 0 Å². The molecule has 0 bridgehead atoms. The molecule has 2 heterocycles. The second kappa shape index (κ2) is 8.10. The summed E-state index contributed by atoms with van der Waals surface area (Å²) in [6, 6.07) is 9.14. The average Bonchev–Trinajstić information content (AvgIpc) is 3.28. The third kappa shape index (κ3) is 3.86. The number of methoxy groups -OCH3 is 1. The van der Waals surface area contributed by atoms with Crippen LogP contribution in [0.2, 0.25) is 5.02 Å². The number of thiophene rings is 1. The lowest BCUT2D eigenvalue weighted by atomic mass is 10.1. The molecule has 1 aromatic carbocycles. The molecular weight excluding hydrogens is 372 g/mol. The van der Waals surface area contributed by atoms with Crippen LogP contribution in [0.1, 0.15) is 18.2 Å². The van der Waals surface area contributed by atoms with E-state index in [1.165, 1.54) is 0 Å². The van der Waals surface area contributed by atoms with E-state index in [0.29, 0.717) is 36.1 Å². The summed E-state index contributed by atoms with van der Waals surface area (Å²) in [5, 5.41) is 2.52. The van der Waals surface area contributed by atoms with Crippen molar-refractivity contribution in [1.82, 2.24) is 4.90 Å². The maximum Gasteiger partial charge on any atom is 0.228 e. The summed E-state index contributed by atoms with van der Waals surface area (Å²) in [4.78, 5) is 30.0. The lowest BCUT2D eigenvalue weighted by Crippen LogP contribution is -2.36. The molecule has 138 valence electrons. The topological polar surface area (TPSA) is 49.9 Å². The molecule has 7 heteroatoms. The van der Waals surface area contributed by atoms with Crippen molar-refractivity contribution in [3.63, 3.8) is 0 Å². The quantitative estimate of drug-likeness (QED) is 0.751. The normalized spacial score (nSPS) is 16.8. The Balaban J connectivity index is 1.76. The molecule has 0 aliphatic carbocycles. The molecule has 1 unspecified atom stereocenters. The van der Waals surface area contributed by atoms with Gasteiger partial charge in [-0.3, -0.25) is 9.59 Å². The molecule has 1 aliphatic heterocycles. The zero-order valence-corrected chi connectivity index (χ0v) is 16.3. The molecule has 0 saturated carbocycles. The van der Waals surface area contributed by atoms with Gasteiger partial charge in [0, 0.05) is 29.4 Å². The van der Waals surface area contributed by atoms with Crippen LogP contribution in [0.4, 0.5) is 5.69 Å². The number of carbonyl (C=O) groups excluding carboxylic acids is 2. The number of anilines is 1. The highest BCUT2D eigenvalue weighted by Gasteiger charge is 2.38. The van der Waals surface area contributed by atoms with Crippen molar-refractivity contribution < 1.29 is 14.3 Å². The third-order valence-electron chi connectivity index (χ3n) is 4.53. The van der Waals surface area contributed by atoms with Crippen molar-refractivity contribution in [1.29, 1.82) is 0 Å². The minimum Gasteiger partial charge on any atom is -0.495 e. The van der Waals surface area contributed by atoms with Crippen molar-refractivity contribution in [2.75, 3.05) is 25.1 Å². The number of benzene rings is 1. The monoisotopic (exact) mass is 392 g/mol. The van der Waals surface area contributed by atoms with Crippen LogP contribution in [0.5, 0.6) is 5.75 Å². The molecule has 1 fully saturated rings. The number of ether oxygens (including phenoxy) is 1. The van der Waals surface area contributed by atoms with Gasteiger partial charge in [-0.05, 0) is 36.6 Å². The van der Waals surface area contributed by atoms with E-state index in [9.17, 15) is 9.59 Å². The lowest BCUT2D eigenvalue weighted by molar-refractivity contribution is -0.136. The first-order chi connectivity index (χ1) is 12.5. The molecular formula is C19H21ClN2O3S. The molecule has 1 saturated heterocycles. The second-order valence-electron chi connectivity index (χ2n) is 6.15. The van der Waals surface area contributed by atoms with E-state index in [0.717, 1.165) is 4.88 Å². The summed E-state index contributed by atoms with van der Waals surface area (Å²) >= 11 is 7.71. The highest BCUT2D eigenvalue weighted by atomic mass is 35.5. The van der Waals surface area contributed by atoms with Crippen LogP contribution in [0.25, 0.3) is 0 Å². The smallest absolute Gasteiger partial charge is 0.228 e. The predicted octanol–water partition coefficient (Wildman–Crippen LogP) is 3.81. The van der Waals surface area contributed by atoms with Gasteiger partial charge in [0.1, 0.15) is 5.75 Å². The number of amides is 2. The van der Waals surface area contributed by atoms with Gasteiger partial charge in [-0.1, -0.05) is 17.7 Å². The Morgan fingerprint density at radius 3 is 2.88 bits per heavy atom. The predicted molar refractivity (Wildman–Crippen MR) is 104 cm³/mol. The molecule has 5 nitrogen and oxygen atoms in total. The Bertz CT molecular complexity index is 794. The van der Waals surface area contributed by atoms with E-state index in [4.69, 9.17) is 16.3 Å². The highest BCUT2D eigenvalue weighted by Crippen LogP contribution is 2.35. The van der Waals surface area contributed by atoms with Crippen molar-refractivity contribution in [2.45, 2.75) is 19.9 Å². The average molecular weight is 393 g/mol. The van der Waals surface area contributed by atoms with Gasteiger partial charge in [-0.15, -0.1) is 11.3 Å². The van der Waals surface area contributed by atoms with E-state index in [-0.39, 0.29) is 24.2 Å². The molecule has 0 spiro atoms. The van der Waals surface area contributed by atoms with Crippen LogP contribution in [0.15, 0.2) is 35.7 Å². The SMILES string of the molecule is CCN(Cc1cccs1)C(=O)C1CC(=O)N(c2cc(Cl)ccc2OC)C1. The highest BCUT2D eigenvalue weighted by molar-refractivity contribution is 7.09. The number of carbonyl (C=O) groups is 2. The zero-order chi connectivity index (χ0) is 18.7. The molecule has 1 aliphatic rings. The Morgan fingerprint density at radius 2 is 2.23 bits per heavy atom. The fourth-order valence-corrected chi connectivity index (χ4v) is 4.06. The summed E-state index contributed by atoms with van der Waals surface area (Å²) in [6.07, 6.45) is 0.204. The van der Waals surface area contributed by atoms with Crippen LogP contribution < -0.4 is 9.64 Å². The van der Waals surface area contributed by atoms with Gasteiger partial charge >= 0.3 is 0 Å². The number of halogens is 1. The van der Waals surface area contributed by atoms with Crippen molar-refractivity contribution in [2.24, 2.45) is 5.92 Å². The Labute approximate surface area is 162 Å². The lowest BCUT2D eigenvalue weighted by Gasteiger charge is -2.24. The Hall–Kier alpha value is -2.05. The van der Waals surface area contributed by atoms with E-state index >= 15 is 0 Å². The maximum absolute atomic E-state index is 12.9. The maximum atomic E-state index is 12.9. The van der Waals surface area contributed by atoms with Crippen molar-refractivity contribution in [3.05, 3.63) is 45.6 Å². The van der Waals surface area contributed by atoms with Gasteiger partial charge < -0.3 is 14.5 Å². The minimum atomic E-state index is -0.355. The van der Waals surface area contributed by atoms with Gasteiger partial charge in [0.2, 0.25) is 11.8 Å². The van der Waals surface area contributed by atoms with Gasteiger partial charge in [0.15, 0.2) is 0 Å². The molecule has 2 aromatic rings. The first kappa shape index (κ1) is 18.7. The Kier molecular flexibility index (Phi) is 5.84. The van der Waals surface area contributed by atoms with E-state index < -0.39 is 0 Å². The van der Waals surface area contributed by atoms with Gasteiger partial charge in [0.25, 0.3) is 0 Å². The zero-order valence-electron chi connectivity index (χ0n) is 14.8. The van der Waals surface area contributed by atoms with Crippen LogP contribution in [-0.2, 0) is 16.1 Å². The third-order valence-corrected chi connectivity index (χ3v) is 5.62.